The molecule has 0 aromatic heterocycles. The molecule has 1 aliphatic rings. The zero-order chi connectivity index (χ0) is 13.5. The van der Waals surface area contributed by atoms with Crippen LogP contribution in [0.5, 0.6) is 0 Å². The summed E-state index contributed by atoms with van der Waals surface area (Å²) in [6.45, 7) is 4.26. The van der Waals surface area contributed by atoms with Gasteiger partial charge in [-0.25, -0.2) is 0 Å². The number of rotatable bonds is 6. The molecular formula is C13H23NO4. The molecular weight excluding hydrogens is 234 g/mol. The summed E-state index contributed by atoms with van der Waals surface area (Å²) in [5.74, 6) is -0.914. The molecule has 0 saturated heterocycles. The first-order valence-electron chi connectivity index (χ1n) is 6.62. The second kappa shape index (κ2) is 7.36. The van der Waals surface area contributed by atoms with Crippen LogP contribution in [0.2, 0.25) is 0 Å². The van der Waals surface area contributed by atoms with Crippen LogP contribution in [0.25, 0.3) is 0 Å². The van der Waals surface area contributed by atoms with Gasteiger partial charge in [-0.3, -0.25) is 9.59 Å². The van der Waals surface area contributed by atoms with E-state index in [0.29, 0.717) is 25.9 Å². The van der Waals surface area contributed by atoms with Crippen LogP contribution in [-0.2, 0) is 14.3 Å². The van der Waals surface area contributed by atoms with Crippen LogP contribution in [0.1, 0.15) is 46.0 Å². The Labute approximate surface area is 108 Å². The van der Waals surface area contributed by atoms with Crippen LogP contribution in [-0.4, -0.2) is 35.7 Å². The molecule has 0 bridgehead atoms. The second-order valence-electron chi connectivity index (χ2n) is 5.15. The number of aliphatic carboxylic acids is 1. The van der Waals surface area contributed by atoms with Crippen molar-refractivity contribution in [3.63, 3.8) is 0 Å². The minimum Gasteiger partial charge on any atom is -0.481 e. The standard InChI is InChI=1S/C13H23NO4/c1-9(2)14-12(15)7-8-18-11-5-3-10(4-6-11)13(16)17/h9-11H,3-8H2,1-2H3,(H,14,15)(H,16,17). The average Bonchev–Trinajstić information content (AvgIpc) is 2.28. The predicted octanol–water partition coefficient (Wildman–Crippen LogP) is 1.56. The van der Waals surface area contributed by atoms with Gasteiger partial charge in [0, 0.05) is 12.5 Å². The number of carbonyl (C=O) groups excluding carboxylic acids is 1. The Morgan fingerprint density at radius 3 is 2.39 bits per heavy atom. The number of carboxylic acids is 1. The fourth-order valence-corrected chi connectivity index (χ4v) is 2.19. The van der Waals surface area contributed by atoms with Gasteiger partial charge in [0.2, 0.25) is 5.91 Å². The van der Waals surface area contributed by atoms with Crippen LogP contribution in [0, 0.1) is 5.92 Å². The molecule has 5 heteroatoms. The number of hydrogen-bond donors (Lipinski definition) is 2. The topological polar surface area (TPSA) is 75.6 Å². The summed E-state index contributed by atoms with van der Waals surface area (Å²) in [5.41, 5.74) is 0. The highest BCUT2D eigenvalue weighted by Gasteiger charge is 2.26. The number of carbonyl (C=O) groups is 2. The van der Waals surface area contributed by atoms with Crippen LogP contribution < -0.4 is 5.32 Å². The molecule has 0 unspecified atom stereocenters. The average molecular weight is 257 g/mol. The van der Waals surface area contributed by atoms with E-state index in [-0.39, 0.29) is 24.0 Å². The smallest absolute Gasteiger partial charge is 0.306 e. The second-order valence-corrected chi connectivity index (χ2v) is 5.15. The van der Waals surface area contributed by atoms with Gasteiger partial charge >= 0.3 is 5.97 Å². The molecule has 1 rings (SSSR count). The van der Waals surface area contributed by atoms with Crippen molar-refractivity contribution >= 4 is 11.9 Å². The maximum absolute atomic E-state index is 11.4. The van der Waals surface area contributed by atoms with Crippen molar-refractivity contribution in [1.82, 2.24) is 5.32 Å². The molecule has 1 amide bonds. The summed E-state index contributed by atoms with van der Waals surface area (Å²) in [4.78, 5) is 22.1. The zero-order valence-electron chi connectivity index (χ0n) is 11.1. The van der Waals surface area contributed by atoms with E-state index in [1.165, 1.54) is 0 Å². The molecule has 0 spiro atoms. The fourth-order valence-electron chi connectivity index (χ4n) is 2.19. The van der Waals surface area contributed by atoms with Crippen molar-refractivity contribution in [3.05, 3.63) is 0 Å². The minimum absolute atomic E-state index is 0.00391. The highest BCUT2D eigenvalue weighted by atomic mass is 16.5. The van der Waals surface area contributed by atoms with Gasteiger partial charge in [-0.1, -0.05) is 0 Å². The number of carboxylic acid groups (broad SMARTS) is 1. The van der Waals surface area contributed by atoms with E-state index in [0.717, 1.165) is 12.8 Å². The van der Waals surface area contributed by atoms with E-state index in [2.05, 4.69) is 5.32 Å². The Morgan fingerprint density at radius 2 is 1.89 bits per heavy atom. The summed E-state index contributed by atoms with van der Waals surface area (Å²) in [6, 6.07) is 0.156. The van der Waals surface area contributed by atoms with E-state index < -0.39 is 5.97 Å². The zero-order valence-corrected chi connectivity index (χ0v) is 11.1. The van der Waals surface area contributed by atoms with E-state index in [9.17, 15) is 9.59 Å². The van der Waals surface area contributed by atoms with Crippen molar-refractivity contribution in [1.29, 1.82) is 0 Å². The minimum atomic E-state index is -0.704. The summed E-state index contributed by atoms with van der Waals surface area (Å²) in [5, 5.41) is 11.7. The lowest BCUT2D eigenvalue weighted by Gasteiger charge is -2.26. The molecule has 1 fully saturated rings. The van der Waals surface area contributed by atoms with E-state index in [4.69, 9.17) is 9.84 Å². The van der Waals surface area contributed by atoms with E-state index in [1.807, 2.05) is 13.8 Å². The lowest BCUT2D eigenvalue weighted by Crippen LogP contribution is -2.32. The lowest BCUT2D eigenvalue weighted by atomic mass is 9.87. The number of hydrogen-bond acceptors (Lipinski definition) is 3. The van der Waals surface area contributed by atoms with Crippen molar-refractivity contribution in [2.45, 2.75) is 58.1 Å². The third kappa shape index (κ3) is 5.49. The molecule has 0 aromatic rings. The number of ether oxygens (including phenoxy) is 1. The molecule has 0 radical (unpaired) electrons. The van der Waals surface area contributed by atoms with Gasteiger partial charge in [-0.2, -0.15) is 0 Å². The molecule has 0 atom stereocenters. The van der Waals surface area contributed by atoms with Crippen LogP contribution in [0.4, 0.5) is 0 Å². The summed E-state index contributed by atoms with van der Waals surface area (Å²) >= 11 is 0. The van der Waals surface area contributed by atoms with Gasteiger partial charge in [0.15, 0.2) is 0 Å². The third-order valence-corrected chi connectivity index (χ3v) is 3.16. The monoisotopic (exact) mass is 257 g/mol. The maximum Gasteiger partial charge on any atom is 0.306 e. The van der Waals surface area contributed by atoms with E-state index in [1.54, 1.807) is 0 Å². The van der Waals surface area contributed by atoms with Gasteiger partial charge < -0.3 is 15.2 Å². The maximum atomic E-state index is 11.4. The van der Waals surface area contributed by atoms with Crippen molar-refractivity contribution in [3.8, 4) is 0 Å². The molecule has 1 aliphatic carbocycles. The van der Waals surface area contributed by atoms with Gasteiger partial charge in [0.1, 0.15) is 0 Å². The Bertz CT molecular complexity index is 283. The highest BCUT2D eigenvalue weighted by Crippen LogP contribution is 2.26. The summed E-state index contributed by atoms with van der Waals surface area (Å²) in [7, 11) is 0. The Morgan fingerprint density at radius 1 is 1.28 bits per heavy atom. The largest absolute Gasteiger partial charge is 0.481 e. The highest BCUT2D eigenvalue weighted by molar-refractivity contribution is 5.76. The summed E-state index contributed by atoms with van der Waals surface area (Å²) in [6.07, 6.45) is 3.41. The first-order valence-corrected chi connectivity index (χ1v) is 6.62. The molecule has 0 aromatic carbocycles. The molecule has 2 N–H and O–H groups in total. The quantitative estimate of drug-likeness (QED) is 0.757. The van der Waals surface area contributed by atoms with Crippen LogP contribution in [0.3, 0.4) is 0 Å². The molecule has 5 nitrogen and oxygen atoms in total. The van der Waals surface area contributed by atoms with Crippen molar-refractivity contribution in [2.24, 2.45) is 5.92 Å². The Kier molecular flexibility index (Phi) is 6.12. The third-order valence-electron chi connectivity index (χ3n) is 3.16. The number of nitrogens with one attached hydrogen (secondary N) is 1. The molecule has 0 heterocycles. The SMILES string of the molecule is CC(C)NC(=O)CCOC1CCC(C(=O)O)CC1. The Hall–Kier alpha value is -1.10. The van der Waals surface area contributed by atoms with Gasteiger partial charge in [0.25, 0.3) is 0 Å². The van der Waals surface area contributed by atoms with Gasteiger partial charge in [0.05, 0.1) is 18.6 Å². The lowest BCUT2D eigenvalue weighted by molar-refractivity contribution is -0.143. The fraction of sp³-hybridized carbons (Fsp3) is 0.846. The van der Waals surface area contributed by atoms with E-state index >= 15 is 0 Å². The van der Waals surface area contributed by atoms with Crippen LogP contribution in [0.15, 0.2) is 0 Å². The number of amides is 1. The molecule has 1 saturated carbocycles. The van der Waals surface area contributed by atoms with Crippen molar-refractivity contribution in [2.75, 3.05) is 6.61 Å². The molecule has 104 valence electrons. The van der Waals surface area contributed by atoms with Gasteiger partial charge in [-0.05, 0) is 39.5 Å². The summed E-state index contributed by atoms with van der Waals surface area (Å²) < 4.78 is 5.61. The normalized spacial score (nSPS) is 23.9. The van der Waals surface area contributed by atoms with Gasteiger partial charge in [-0.15, -0.1) is 0 Å². The Balaban J connectivity index is 2.11. The molecule has 18 heavy (non-hydrogen) atoms. The first kappa shape index (κ1) is 15.0. The van der Waals surface area contributed by atoms with Crippen molar-refractivity contribution < 1.29 is 19.4 Å². The molecule has 0 aliphatic heterocycles. The first-order chi connectivity index (χ1) is 8.49. The van der Waals surface area contributed by atoms with Crippen LogP contribution >= 0.6 is 0 Å². The predicted molar refractivity (Wildman–Crippen MR) is 67.2 cm³/mol.